The molecule has 0 bridgehead atoms. The van der Waals surface area contributed by atoms with Crippen LogP contribution in [0.4, 0.5) is 0 Å². The number of nitrogens with one attached hydrogen (secondary N) is 1. The molecule has 0 saturated heterocycles. The molecular weight excluding hydrogens is 258 g/mol. The largest absolute Gasteiger partial charge is 0.240 e. The van der Waals surface area contributed by atoms with E-state index in [0.29, 0.717) is 18.0 Å². The first-order valence-corrected chi connectivity index (χ1v) is 7.11. The fourth-order valence-corrected chi connectivity index (χ4v) is 2.46. The second kappa shape index (κ2) is 6.65. The first-order chi connectivity index (χ1) is 8.06. The molecule has 1 N–H and O–H groups in total. The molecule has 0 atom stereocenters. The van der Waals surface area contributed by atoms with Gasteiger partial charge in [-0.15, -0.1) is 12.3 Å². The second-order valence-electron chi connectivity index (χ2n) is 3.51. The Labute approximate surface area is 107 Å². The van der Waals surface area contributed by atoms with E-state index >= 15 is 0 Å². The van der Waals surface area contributed by atoms with Crippen LogP contribution in [0.25, 0.3) is 0 Å². The van der Waals surface area contributed by atoms with Crippen molar-refractivity contribution < 1.29 is 8.42 Å². The number of hydrogen-bond acceptors (Lipinski definition) is 2. The standard InChI is InChI=1S/C12H14ClNO2S/c1-2-3-4-5-10-14-17(15,16)12-8-6-11(13)7-9-12/h1,6-9,14H,3-5,10H2. The summed E-state index contributed by atoms with van der Waals surface area (Å²) in [7, 11) is -3.42. The molecule has 0 heterocycles. The SMILES string of the molecule is C#CCCCCNS(=O)(=O)c1ccc(Cl)cc1. The topological polar surface area (TPSA) is 46.2 Å². The van der Waals surface area contributed by atoms with Crippen molar-refractivity contribution in [1.29, 1.82) is 0 Å². The van der Waals surface area contributed by atoms with Crippen LogP contribution in [0.1, 0.15) is 19.3 Å². The van der Waals surface area contributed by atoms with E-state index in [2.05, 4.69) is 10.6 Å². The van der Waals surface area contributed by atoms with E-state index in [0.717, 1.165) is 12.8 Å². The van der Waals surface area contributed by atoms with Crippen LogP contribution in [0.15, 0.2) is 29.2 Å². The number of sulfonamides is 1. The molecule has 92 valence electrons. The lowest BCUT2D eigenvalue weighted by atomic mass is 10.2. The number of hydrogen-bond donors (Lipinski definition) is 1. The van der Waals surface area contributed by atoms with Crippen LogP contribution in [0.3, 0.4) is 0 Å². The molecule has 0 spiro atoms. The third-order valence-corrected chi connectivity index (χ3v) is 3.89. The van der Waals surface area contributed by atoms with Gasteiger partial charge in [0.05, 0.1) is 4.90 Å². The summed E-state index contributed by atoms with van der Waals surface area (Å²) in [5.74, 6) is 2.51. The maximum atomic E-state index is 11.8. The Balaban J connectivity index is 2.52. The zero-order valence-electron chi connectivity index (χ0n) is 9.32. The number of rotatable bonds is 6. The minimum Gasteiger partial charge on any atom is -0.211 e. The van der Waals surface area contributed by atoms with E-state index in [1.807, 2.05) is 0 Å². The highest BCUT2D eigenvalue weighted by molar-refractivity contribution is 7.89. The summed E-state index contributed by atoms with van der Waals surface area (Å²) < 4.78 is 26.1. The number of unbranched alkanes of at least 4 members (excludes halogenated alkanes) is 2. The van der Waals surface area contributed by atoms with Crippen molar-refractivity contribution in [3.05, 3.63) is 29.3 Å². The Kier molecular flexibility index (Phi) is 5.49. The molecule has 0 aliphatic heterocycles. The molecule has 0 aromatic heterocycles. The summed E-state index contributed by atoms with van der Waals surface area (Å²) in [6.07, 6.45) is 7.32. The average molecular weight is 272 g/mol. The van der Waals surface area contributed by atoms with Gasteiger partial charge >= 0.3 is 0 Å². The molecular formula is C12H14ClNO2S. The van der Waals surface area contributed by atoms with E-state index < -0.39 is 10.0 Å². The van der Waals surface area contributed by atoms with E-state index in [4.69, 9.17) is 18.0 Å². The van der Waals surface area contributed by atoms with Crippen molar-refractivity contribution in [2.75, 3.05) is 6.54 Å². The Bertz CT molecular complexity index is 488. The molecule has 0 fully saturated rings. The summed E-state index contributed by atoms with van der Waals surface area (Å²) >= 11 is 5.69. The predicted molar refractivity (Wildman–Crippen MR) is 69.3 cm³/mol. The van der Waals surface area contributed by atoms with Gasteiger partial charge in [0.2, 0.25) is 10.0 Å². The first-order valence-electron chi connectivity index (χ1n) is 5.25. The smallest absolute Gasteiger partial charge is 0.211 e. The predicted octanol–water partition coefficient (Wildman–Crippen LogP) is 2.42. The van der Waals surface area contributed by atoms with E-state index in [1.165, 1.54) is 12.1 Å². The summed E-state index contributed by atoms with van der Waals surface area (Å²) in [6.45, 7) is 0.395. The zero-order valence-corrected chi connectivity index (χ0v) is 10.9. The molecule has 1 aromatic rings. The molecule has 0 saturated carbocycles. The lowest BCUT2D eigenvalue weighted by Gasteiger charge is -2.06. The normalized spacial score (nSPS) is 11.1. The summed E-state index contributed by atoms with van der Waals surface area (Å²) in [6, 6.07) is 6.06. The second-order valence-corrected chi connectivity index (χ2v) is 5.72. The molecule has 1 aromatic carbocycles. The molecule has 5 heteroatoms. The maximum Gasteiger partial charge on any atom is 0.240 e. The van der Waals surface area contributed by atoms with Crippen LogP contribution in [0.2, 0.25) is 5.02 Å². The van der Waals surface area contributed by atoms with Crippen molar-refractivity contribution in [3.63, 3.8) is 0 Å². The molecule has 0 unspecified atom stereocenters. The first kappa shape index (κ1) is 14.0. The fraction of sp³-hybridized carbons (Fsp3) is 0.333. The van der Waals surface area contributed by atoms with Gasteiger partial charge in [-0.1, -0.05) is 11.6 Å². The summed E-state index contributed by atoms with van der Waals surface area (Å²) in [4.78, 5) is 0.221. The molecule has 0 radical (unpaired) electrons. The highest BCUT2D eigenvalue weighted by Crippen LogP contribution is 2.13. The Morgan fingerprint density at radius 1 is 1.24 bits per heavy atom. The fourth-order valence-electron chi connectivity index (χ4n) is 1.26. The van der Waals surface area contributed by atoms with Crippen LogP contribution < -0.4 is 4.72 Å². The van der Waals surface area contributed by atoms with Crippen LogP contribution in [0, 0.1) is 12.3 Å². The van der Waals surface area contributed by atoms with Crippen molar-refractivity contribution in [3.8, 4) is 12.3 Å². The zero-order chi connectivity index (χ0) is 12.7. The van der Waals surface area contributed by atoms with Crippen molar-refractivity contribution in [2.45, 2.75) is 24.2 Å². The lowest BCUT2D eigenvalue weighted by Crippen LogP contribution is -2.24. The van der Waals surface area contributed by atoms with E-state index in [-0.39, 0.29) is 4.90 Å². The number of halogens is 1. The molecule has 1 rings (SSSR count). The molecule has 0 amide bonds. The van der Waals surface area contributed by atoms with Gasteiger partial charge in [0.1, 0.15) is 0 Å². The van der Waals surface area contributed by atoms with E-state index in [1.54, 1.807) is 12.1 Å². The third-order valence-electron chi connectivity index (χ3n) is 2.16. The Hall–Kier alpha value is -1.02. The molecule has 0 aliphatic carbocycles. The maximum absolute atomic E-state index is 11.8. The van der Waals surface area contributed by atoms with Gasteiger partial charge in [0.15, 0.2) is 0 Å². The summed E-state index contributed by atoms with van der Waals surface area (Å²) in [5, 5.41) is 0.512. The highest BCUT2D eigenvalue weighted by atomic mass is 35.5. The van der Waals surface area contributed by atoms with Gasteiger partial charge in [0, 0.05) is 18.0 Å². The molecule has 17 heavy (non-hydrogen) atoms. The number of benzene rings is 1. The van der Waals surface area contributed by atoms with E-state index in [9.17, 15) is 8.42 Å². The Morgan fingerprint density at radius 2 is 1.88 bits per heavy atom. The van der Waals surface area contributed by atoms with Gasteiger partial charge in [-0.25, -0.2) is 13.1 Å². The van der Waals surface area contributed by atoms with Gasteiger partial charge in [-0.05, 0) is 37.1 Å². The minimum absolute atomic E-state index is 0.221. The third kappa shape index (κ3) is 4.78. The molecule has 0 aliphatic rings. The quantitative estimate of drug-likeness (QED) is 0.638. The van der Waals surface area contributed by atoms with Gasteiger partial charge in [-0.2, -0.15) is 0 Å². The van der Waals surface area contributed by atoms with Gasteiger partial charge in [-0.3, -0.25) is 0 Å². The minimum atomic E-state index is -3.42. The molecule has 3 nitrogen and oxygen atoms in total. The van der Waals surface area contributed by atoms with Crippen molar-refractivity contribution in [2.24, 2.45) is 0 Å². The van der Waals surface area contributed by atoms with Crippen LogP contribution in [0.5, 0.6) is 0 Å². The van der Waals surface area contributed by atoms with Crippen molar-refractivity contribution >= 4 is 21.6 Å². The van der Waals surface area contributed by atoms with Crippen LogP contribution in [-0.4, -0.2) is 15.0 Å². The average Bonchev–Trinajstić information content (AvgIpc) is 2.29. The number of terminal acetylenes is 1. The highest BCUT2D eigenvalue weighted by Gasteiger charge is 2.12. The summed E-state index contributed by atoms with van der Waals surface area (Å²) in [5.41, 5.74) is 0. The van der Waals surface area contributed by atoms with Gasteiger partial charge in [0.25, 0.3) is 0 Å². The Morgan fingerprint density at radius 3 is 2.47 bits per heavy atom. The van der Waals surface area contributed by atoms with Gasteiger partial charge < -0.3 is 0 Å². The van der Waals surface area contributed by atoms with Crippen LogP contribution in [-0.2, 0) is 10.0 Å². The lowest BCUT2D eigenvalue weighted by molar-refractivity contribution is 0.577. The van der Waals surface area contributed by atoms with Crippen LogP contribution >= 0.6 is 11.6 Å². The monoisotopic (exact) mass is 271 g/mol. The van der Waals surface area contributed by atoms with Crippen molar-refractivity contribution in [1.82, 2.24) is 4.72 Å².